The van der Waals surface area contributed by atoms with E-state index in [0.29, 0.717) is 0 Å². The van der Waals surface area contributed by atoms with Gasteiger partial charge in [-0.05, 0) is 43.7 Å². The molecule has 1 aromatic carbocycles. The summed E-state index contributed by atoms with van der Waals surface area (Å²) in [7, 11) is 0. The molecule has 2 atom stereocenters. The molecule has 1 aromatic rings. The Morgan fingerprint density at radius 1 is 1.39 bits per heavy atom. The molecule has 0 bridgehead atoms. The van der Waals surface area contributed by atoms with Gasteiger partial charge in [-0.15, -0.1) is 0 Å². The SMILES string of the molecule is CCCc1cccc(C(O)C2(C)CCCCO2)c1. The first-order valence-electron chi connectivity index (χ1n) is 7.06. The maximum absolute atomic E-state index is 10.6. The molecule has 2 rings (SSSR count). The summed E-state index contributed by atoms with van der Waals surface area (Å²) in [6.07, 6.45) is 4.87. The van der Waals surface area contributed by atoms with Crippen molar-refractivity contribution in [3.63, 3.8) is 0 Å². The van der Waals surface area contributed by atoms with Crippen molar-refractivity contribution < 1.29 is 9.84 Å². The largest absolute Gasteiger partial charge is 0.385 e. The number of benzene rings is 1. The molecule has 2 heteroatoms. The molecule has 1 N–H and O–H groups in total. The third-order valence-corrected chi connectivity index (χ3v) is 3.88. The predicted octanol–water partition coefficient (Wildman–Crippen LogP) is 3.63. The summed E-state index contributed by atoms with van der Waals surface area (Å²) < 4.78 is 5.83. The summed E-state index contributed by atoms with van der Waals surface area (Å²) in [6, 6.07) is 8.30. The molecule has 0 amide bonds. The van der Waals surface area contributed by atoms with Crippen molar-refractivity contribution in [1.29, 1.82) is 0 Å². The van der Waals surface area contributed by atoms with E-state index in [9.17, 15) is 5.11 Å². The molecular formula is C16H24O2. The maximum Gasteiger partial charge on any atom is 0.108 e. The second-order valence-corrected chi connectivity index (χ2v) is 5.52. The molecule has 0 radical (unpaired) electrons. The van der Waals surface area contributed by atoms with E-state index in [0.717, 1.165) is 44.3 Å². The van der Waals surface area contributed by atoms with E-state index in [1.54, 1.807) is 0 Å². The quantitative estimate of drug-likeness (QED) is 0.881. The third kappa shape index (κ3) is 2.93. The van der Waals surface area contributed by atoms with Gasteiger partial charge in [0.1, 0.15) is 6.10 Å². The fourth-order valence-electron chi connectivity index (χ4n) is 2.73. The van der Waals surface area contributed by atoms with Gasteiger partial charge in [0, 0.05) is 6.61 Å². The van der Waals surface area contributed by atoms with Gasteiger partial charge in [0.15, 0.2) is 0 Å². The van der Waals surface area contributed by atoms with Crippen LogP contribution >= 0.6 is 0 Å². The van der Waals surface area contributed by atoms with Crippen molar-refractivity contribution in [3.05, 3.63) is 35.4 Å². The average Bonchev–Trinajstić information content (AvgIpc) is 2.39. The number of ether oxygens (including phenoxy) is 1. The normalized spacial score (nSPS) is 25.9. The first-order chi connectivity index (χ1) is 8.65. The highest BCUT2D eigenvalue weighted by Gasteiger charge is 2.36. The lowest BCUT2D eigenvalue weighted by molar-refractivity contribution is -0.138. The van der Waals surface area contributed by atoms with E-state index in [-0.39, 0.29) is 0 Å². The van der Waals surface area contributed by atoms with Crippen LogP contribution in [0.3, 0.4) is 0 Å². The molecule has 2 unspecified atom stereocenters. The second kappa shape index (κ2) is 5.85. The molecule has 18 heavy (non-hydrogen) atoms. The summed E-state index contributed by atoms with van der Waals surface area (Å²) in [4.78, 5) is 0. The smallest absolute Gasteiger partial charge is 0.108 e. The van der Waals surface area contributed by atoms with E-state index < -0.39 is 11.7 Å². The Balaban J connectivity index is 2.16. The van der Waals surface area contributed by atoms with Gasteiger partial charge in [0.2, 0.25) is 0 Å². The van der Waals surface area contributed by atoms with Crippen LogP contribution in [0.2, 0.25) is 0 Å². The molecular weight excluding hydrogens is 224 g/mol. The summed E-state index contributed by atoms with van der Waals surface area (Å²) in [5.41, 5.74) is 1.88. The van der Waals surface area contributed by atoms with Gasteiger partial charge in [-0.3, -0.25) is 0 Å². The third-order valence-electron chi connectivity index (χ3n) is 3.88. The first-order valence-corrected chi connectivity index (χ1v) is 7.06. The van der Waals surface area contributed by atoms with Gasteiger partial charge in [-0.2, -0.15) is 0 Å². The average molecular weight is 248 g/mol. The van der Waals surface area contributed by atoms with Gasteiger partial charge in [-0.25, -0.2) is 0 Å². The molecule has 1 aliphatic heterocycles. The van der Waals surface area contributed by atoms with Crippen LogP contribution in [-0.4, -0.2) is 17.3 Å². The number of hydrogen-bond acceptors (Lipinski definition) is 2. The van der Waals surface area contributed by atoms with Gasteiger partial charge >= 0.3 is 0 Å². The Hall–Kier alpha value is -0.860. The zero-order chi connectivity index (χ0) is 13.0. The molecule has 0 aliphatic carbocycles. The van der Waals surface area contributed by atoms with E-state index >= 15 is 0 Å². The minimum atomic E-state index is -0.519. The zero-order valence-corrected chi connectivity index (χ0v) is 11.5. The van der Waals surface area contributed by atoms with Gasteiger partial charge in [-0.1, -0.05) is 37.6 Å². The van der Waals surface area contributed by atoms with Gasteiger partial charge in [0.05, 0.1) is 5.60 Å². The molecule has 0 aromatic heterocycles. The van der Waals surface area contributed by atoms with Crippen molar-refractivity contribution in [1.82, 2.24) is 0 Å². The lowest BCUT2D eigenvalue weighted by Gasteiger charge is -2.38. The van der Waals surface area contributed by atoms with Gasteiger partial charge < -0.3 is 9.84 Å². The topological polar surface area (TPSA) is 29.5 Å². The second-order valence-electron chi connectivity index (χ2n) is 5.52. The highest BCUT2D eigenvalue weighted by atomic mass is 16.5. The van der Waals surface area contributed by atoms with Crippen LogP contribution in [0.25, 0.3) is 0 Å². The van der Waals surface area contributed by atoms with Crippen LogP contribution in [0.15, 0.2) is 24.3 Å². The standard InChI is InChI=1S/C16H24O2/c1-3-7-13-8-6-9-14(12-13)15(17)16(2)10-4-5-11-18-16/h6,8-9,12,15,17H,3-5,7,10-11H2,1-2H3. The molecule has 1 fully saturated rings. The Morgan fingerprint density at radius 3 is 2.89 bits per heavy atom. The van der Waals surface area contributed by atoms with Crippen molar-refractivity contribution >= 4 is 0 Å². The van der Waals surface area contributed by atoms with E-state index in [4.69, 9.17) is 4.74 Å². The summed E-state index contributed by atoms with van der Waals surface area (Å²) in [6.45, 7) is 4.97. The van der Waals surface area contributed by atoms with E-state index in [1.165, 1.54) is 5.56 Å². The Morgan fingerprint density at radius 2 is 2.22 bits per heavy atom. The Bertz CT molecular complexity index is 380. The molecule has 2 nitrogen and oxygen atoms in total. The highest BCUT2D eigenvalue weighted by Crippen LogP contribution is 2.36. The molecule has 1 heterocycles. The van der Waals surface area contributed by atoms with E-state index in [2.05, 4.69) is 19.1 Å². The lowest BCUT2D eigenvalue weighted by Crippen LogP contribution is -2.39. The van der Waals surface area contributed by atoms with Crippen molar-refractivity contribution in [2.45, 2.75) is 57.7 Å². The van der Waals surface area contributed by atoms with Crippen LogP contribution in [0.5, 0.6) is 0 Å². The molecule has 0 saturated carbocycles. The summed E-state index contributed by atoms with van der Waals surface area (Å²) >= 11 is 0. The zero-order valence-electron chi connectivity index (χ0n) is 11.5. The van der Waals surface area contributed by atoms with Crippen molar-refractivity contribution in [2.24, 2.45) is 0 Å². The van der Waals surface area contributed by atoms with E-state index in [1.807, 2.05) is 19.1 Å². The summed E-state index contributed by atoms with van der Waals surface area (Å²) in [5, 5.41) is 10.6. The minimum Gasteiger partial charge on any atom is -0.385 e. The number of hydrogen-bond donors (Lipinski definition) is 1. The number of rotatable bonds is 4. The predicted molar refractivity (Wildman–Crippen MR) is 73.6 cm³/mol. The van der Waals surface area contributed by atoms with Crippen LogP contribution < -0.4 is 0 Å². The summed E-state index contributed by atoms with van der Waals surface area (Å²) in [5.74, 6) is 0. The van der Waals surface area contributed by atoms with Crippen molar-refractivity contribution in [3.8, 4) is 0 Å². The number of aryl methyl sites for hydroxylation is 1. The van der Waals surface area contributed by atoms with Crippen LogP contribution in [0.4, 0.5) is 0 Å². The van der Waals surface area contributed by atoms with Crippen LogP contribution in [0, 0.1) is 0 Å². The Labute approximate surface area is 110 Å². The van der Waals surface area contributed by atoms with Crippen molar-refractivity contribution in [2.75, 3.05) is 6.61 Å². The number of aliphatic hydroxyl groups is 1. The number of aliphatic hydroxyl groups excluding tert-OH is 1. The minimum absolute atomic E-state index is 0.414. The maximum atomic E-state index is 10.6. The fourth-order valence-corrected chi connectivity index (χ4v) is 2.73. The van der Waals surface area contributed by atoms with Gasteiger partial charge in [0.25, 0.3) is 0 Å². The molecule has 0 spiro atoms. The van der Waals surface area contributed by atoms with Crippen LogP contribution in [-0.2, 0) is 11.2 Å². The first kappa shape index (κ1) is 13.6. The molecule has 100 valence electrons. The Kier molecular flexibility index (Phi) is 4.41. The monoisotopic (exact) mass is 248 g/mol. The lowest BCUT2D eigenvalue weighted by atomic mass is 9.85. The molecule has 1 saturated heterocycles. The fraction of sp³-hybridized carbons (Fsp3) is 0.625. The highest BCUT2D eigenvalue weighted by molar-refractivity contribution is 5.27. The van der Waals surface area contributed by atoms with Crippen LogP contribution in [0.1, 0.15) is 56.8 Å². The molecule has 1 aliphatic rings.